The standard InChI is InChI=1S/C12H12Br2N4/c13-9-5-10(14)12(17-7-9)11(18-15)4-8-2-1-3-16-6-8/h1-3,5-7,11,18H,4,15H2. The molecule has 2 heterocycles. The van der Waals surface area contributed by atoms with Gasteiger partial charge in [-0.2, -0.15) is 0 Å². The van der Waals surface area contributed by atoms with Crippen LogP contribution in [0.15, 0.2) is 45.7 Å². The molecule has 0 fully saturated rings. The molecule has 2 aromatic heterocycles. The van der Waals surface area contributed by atoms with Gasteiger partial charge >= 0.3 is 0 Å². The summed E-state index contributed by atoms with van der Waals surface area (Å²) in [5, 5.41) is 0. The second-order valence-corrected chi connectivity index (χ2v) is 5.58. The van der Waals surface area contributed by atoms with Gasteiger partial charge in [0.15, 0.2) is 0 Å². The lowest BCUT2D eigenvalue weighted by Crippen LogP contribution is -2.30. The molecule has 0 bridgehead atoms. The van der Waals surface area contributed by atoms with Crippen molar-refractivity contribution >= 4 is 31.9 Å². The zero-order valence-electron chi connectivity index (χ0n) is 9.48. The van der Waals surface area contributed by atoms with Crippen molar-refractivity contribution in [1.82, 2.24) is 15.4 Å². The van der Waals surface area contributed by atoms with E-state index in [2.05, 4.69) is 47.3 Å². The number of nitrogens with one attached hydrogen (secondary N) is 1. The first-order valence-corrected chi connectivity index (χ1v) is 6.95. The molecule has 2 rings (SSSR count). The molecule has 0 aliphatic heterocycles. The van der Waals surface area contributed by atoms with Crippen molar-refractivity contribution in [3.05, 3.63) is 57.0 Å². The van der Waals surface area contributed by atoms with Gasteiger partial charge in [0.1, 0.15) is 0 Å². The van der Waals surface area contributed by atoms with Crippen LogP contribution >= 0.6 is 31.9 Å². The molecule has 2 aromatic rings. The van der Waals surface area contributed by atoms with Crippen LogP contribution in [-0.2, 0) is 6.42 Å². The Morgan fingerprint density at radius 2 is 2.17 bits per heavy atom. The molecule has 0 amide bonds. The lowest BCUT2D eigenvalue weighted by atomic mass is 10.1. The van der Waals surface area contributed by atoms with E-state index in [9.17, 15) is 0 Å². The molecule has 18 heavy (non-hydrogen) atoms. The molecule has 0 saturated carbocycles. The molecule has 94 valence electrons. The first-order chi connectivity index (χ1) is 8.70. The Morgan fingerprint density at radius 1 is 1.33 bits per heavy atom. The molecule has 0 radical (unpaired) electrons. The fraction of sp³-hybridized carbons (Fsp3) is 0.167. The molecule has 3 N–H and O–H groups in total. The Bertz CT molecular complexity index is 519. The largest absolute Gasteiger partial charge is 0.271 e. The minimum Gasteiger partial charge on any atom is -0.271 e. The second-order valence-electron chi connectivity index (χ2n) is 3.81. The summed E-state index contributed by atoms with van der Waals surface area (Å²) in [4.78, 5) is 8.48. The van der Waals surface area contributed by atoms with E-state index in [4.69, 9.17) is 5.84 Å². The van der Waals surface area contributed by atoms with Crippen molar-refractivity contribution in [2.24, 2.45) is 5.84 Å². The molecular weight excluding hydrogens is 360 g/mol. The number of pyridine rings is 2. The van der Waals surface area contributed by atoms with Crippen LogP contribution in [0.25, 0.3) is 0 Å². The molecular formula is C12H12Br2N4. The van der Waals surface area contributed by atoms with Gasteiger partial charge in [0, 0.05) is 27.5 Å². The Kier molecular flexibility index (Phi) is 4.82. The van der Waals surface area contributed by atoms with E-state index < -0.39 is 0 Å². The van der Waals surface area contributed by atoms with Crippen LogP contribution in [0.4, 0.5) is 0 Å². The van der Waals surface area contributed by atoms with Gasteiger partial charge in [0.25, 0.3) is 0 Å². The van der Waals surface area contributed by atoms with Gasteiger partial charge in [-0.1, -0.05) is 6.07 Å². The van der Waals surface area contributed by atoms with Crippen LogP contribution in [-0.4, -0.2) is 9.97 Å². The average Bonchev–Trinajstić information content (AvgIpc) is 2.38. The highest BCUT2D eigenvalue weighted by Crippen LogP contribution is 2.26. The Labute approximate surface area is 122 Å². The lowest BCUT2D eigenvalue weighted by Gasteiger charge is -2.16. The molecule has 4 nitrogen and oxygen atoms in total. The number of hydrazine groups is 1. The van der Waals surface area contributed by atoms with Gasteiger partial charge in [0.2, 0.25) is 0 Å². The molecule has 0 aliphatic rings. The summed E-state index contributed by atoms with van der Waals surface area (Å²) in [6, 6.07) is 5.82. The molecule has 6 heteroatoms. The van der Waals surface area contributed by atoms with Crippen molar-refractivity contribution in [2.75, 3.05) is 0 Å². The topological polar surface area (TPSA) is 63.8 Å². The molecule has 0 aromatic carbocycles. The molecule has 1 atom stereocenters. The second kappa shape index (κ2) is 6.38. The van der Waals surface area contributed by atoms with E-state index in [1.54, 1.807) is 12.4 Å². The van der Waals surface area contributed by atoms with Gasteiger partial charge in [-0.3, -0.25) is 21.2 Å². The highest BCUT2D eigenvalue weighted by molar-refractivity contribution is 9.11. The SMILES string of the molecule is NNC(Cc1cccnc1)c1ncc(Br)cc1Br. The maximum Gasteiger partial charge on any atom is 0.0732 e. The van der Waals surface area contributed by atoms with E-state index in [0.717, 1.165) is 26.6 Å². The lowest BCUT2D eigenvalue weighted by molar-refractivity contribution is 0.535. The number of aromatic nitrogens is 2. The van der Waals surface area contributed by atoms with Gasteiger partial charge in [-0.15, -0.1) is 0 Å². The van der Waals surface area contributed by atoms with Crippen molar-refractivity contribution in [2.45, 2.75) is 12.5 Å². The predicted octanol–water partition coefficient (Wildman–Crippen LogP) is 2.75. The van der Waals surface area contributed by atoms with Crippen molar-refractivity contribution in [1.29, 1.82) is 0 Å². The van der Waals surface area contributed by atoms with Gasteiger partial charge in [-0.05, 0) is 56.0 Å². The van der Waals surface area contributed by atoms with Crippen molar-refractivity contribution in [3.8, 4) is 0 Å². The van der Waals surface area contributed by atoms with Crippen LogP contribution in [0.1, 0.15) is 17.3 Å². The van der Waals surface area contributed by atoms with Gasteiger partial charge in [-0.25, -0.2) is 0 Å². The summed E-state index contributed by atoms with van der Waals surface area (Å²) < 4.78 is 1.85. The fourth-order valence-corrected chi connectivity index (χ4v) is 2.93. The zero-order chi connectivity index (χ0) is 13.0. The third kappa shape index (κ3) is 3.35. The maximum atomic E-state index is 5.62. The van der Waals surface area contributed by atoms with Crippen molar-refractivity contribution < 1.29 is 0 Å². The monoisotopic (exact) mass is 370 g/mol. The summed E-state index contributed by atoms with van der Waals surface area (Å²) in [6.45, 7) is 0. The fourth-order valence-electron chi connectivity index (χ4n) is 1.67. The number of halogens is 2. The summed E-state index contributed by atoms with van der Waals surface area (Å²) >= 11 is 6.88. The first-order valence-electron chi connectivity index (χ1n) is 5.36. The number of hydrogen-bond acceptors (Lipinski definition) is 4. The van der Waals surface area contributed by atoms with Crippen LogP contribution < -0.4 is 11.3 Å². The smallest absolute Gasteiger partial charge is 0.0732 e. The number of hydrogen-bond donors (Lipinski definition) is 2. The number of nitrogens with two attached hydrogens (primary N) is 1. The van der Waals surface area contributed by atoms with Crippen LogP contribution in [0.2, 0.25) is 0 Å². The summed E-state index contributed by atoms with van der Waals surface area (Å²) in [6.07, 6.45) is 6.07. The van der Waals surface area contributed by atoms with E-state index >= 15 is 0 Å². The third-order valence-electron chi connectivity index (χ3n) is 2.53. The van der Waals surface area contributed by atoms with E-state index in [0.29, 0.717) is 0 Å². The van der Waals surface area contributed by atoms with E-state index in [-0.39, 0.29) is 6.04 Å². The molecule has 0 spiro atoms. The predicted molar refractivity (Wildman–Crippen MR) is 77.6 cm³/mol. The minimum absolute atomic E-state index is 0.0586. The highest BCUT2D eigenvalue weighted by atomic mass is 79.9. The zero-order valence-corrected chi connectivity index (χ0v) is 12.6. The Balaban J connectivity index is 2.23. The van der Waals surface area contributed by atoms with Crippen LogP contribution in [0.5, 0.6) is 0 Å². The molecule has 1 unspecified atom stereocenters. The molecule has 0 aliphatic carbocycles. The van der Waals surface area contributed by atoms with E-state index in [1.165, 1.54) is 0 Å². The highest BCUT2D eigenvalue weighted by Gasteiger charge is 2.15. The van der Waals surface area contributed by atoms with Gasteiger partial charge < -0.3 is 0 Å². The normalized spacial score (nSPS) is 12.4. The number of nitrogens with zero attached hydrogens (tertiary/aromatic N) is 2. The summed E-state index contributed by atoms with van der Waals surface area (Å²) in [7, 11) is 0. The Morgan fingerprint density at radius 3 is 2.78 bits per heavy atom. The first kappa shape index (κ1) is 13.6. The average molecular weight is 372 g/mol. The minimum atomic E-state index is -0.0586. The number of rotatable bonds is 4. The van der Waals surface area contributed by atoms with E-state index in [1.807, 2.05) is 24.4 Å². The van der Waals surface area contributed by atoms with Crippen LogP contribution in [0, 0.1) is 0 Å². The summed E-state index contributed by atoms with van der Waals surface area (Å²) in [5.41, 5.74) is 4.78. The molecule has 0 saturated heterocycles. The quantitative estimate of drug-likeness (QED) is 0.640. The Hall–Kier alpha value is -0.820. The maximum absolute atomic E-state index is 5.62. The third-order valence-corrected chi connectivity index (χ3v) is 3.60. The van der Waals surface area contributed by atoms with Crippen molar-refractivity contribution in [3.63, 3.8) is 0 Å². The van der Waals surface area contributed by atoms with Gasteiger partial charge in [0.05, 0.1) is 11.7 Å². The summed E-state index contributed by atoms with van der Waals surface area (Å²) in [5.74, 6) is 5.62. The van der Waals surface area contributed by atoms with Crippen LogP contribution in [0.3, 0.4) is 0 Å².